The van der Waals surface area contributed by atoms with Gasteiger partial charge in [-0.25, -0.2) is 4.68 Å². The fourth-order valence-corrected chi connectivity index (χ4v) is 1.72. The first-order chi connectivity index (χ1) is 7.78. The highest BCUT2D eigenvalue weighted by atomic mass is 35.5. The predicted molar refractivity (Wildman–Crippen MR) is 65.0 cm³/mol. The number of nitrogens with zero attached hydrogens (tertiary/aromatic N) is 3. The minimum atomic E-state index is 0.569. The number of halogens is 2. The van der Waals surface area contributed by atoms with E-state index >= 15 is 0 Å². The standard InChI is InChI=1S/C11H11Cl2N3/c12-6-5-11-8-16(15-14-11)7-9-1-3-10(13)4-2-9/h1-4,8H,5-7H2. The van der Waals surface area contributed by atoms with Crippen molar-refractivity contribution in [1.29, 1.82) is 0 Å². The van der Waals surface area contributed by atoms with Gasteiger partial charge in [0.25, 0.3) is 0 Å². The second kappa shape index (κ2) is 5.32. The molecule has 1 aromatic heterocycles. The fraction of sp³-hybridized carbons (Fsp3) is 0.273. The molecule has 0 unspecified atom stereocenters. The van der Waals surface area contributed by atoms with Gasteiger partial charge in [0.2, 0.25) is 0 Å². The van der Waals surface area contributed by atoms with Crippen LogP contribution in [-0.2, 0) is 13.0 Å². The lowest BCUT2D eigenvalue weighted by Gasteiger charge is -2.00. The number of aryl methyl sites for hydroxylation is 1. The molecule has 1 aromatic carbocycles. The summed E-state index contributed by atoms with van der Waals surface area (Å²) in [6.45, 7) is 0.701. The summed E-state index contributed by atoms with van der Waals surface area (Å²) in [5, 5.41) is 8.79. The van der Waals surface area contributed by atoms with Gasteiger partial charge in [0.05, 0.1) is 12.2 Å². The van der Waals surface area contributed by atoms with Crippen LogP contribution in [-0.4, -0.2) is 20.9 Å². The molecular weight excluding hydrogens is 245 g/mol. The maximum Gasteiger partial charge on any atom is 0.0839 e. The van der Waals surface area contributed by atoms with E-state index in [-0.39, 0.29) is 0 Å². The van der Waals surface area contributed by atoms with Crippen molar-refractivity contribution in [1.82, 2.24) is 15.0 Å². The smallest absolute Gasteiger partial charge is 0.0839 e. The molecule has 0 fully saturated rings. The number of alkyl halides is 1. The molecule has 0 atom stereocenters. The molecule has 1 heterocycles. The molecule has 0 bridgehead atoms. The molecule has 0 aliphatic rings. The van der Waals surface area contributed by atoms with Crippen molar-refractivity contribution in [2.75, 3.05) is 5.88 Å². The zero-order valence-electron chi connectivity index (χ0n) is 8.61. The van der Waals surface area contributed by atoms with Gasteiger partial charge in [-0.15, -0.1) is 16.7 Å². The van der Waals surface area contributed by atoms with E-state index in [1.165, 1.54) is 0 Å². The molecule has 16 heavy (non-hydrogen) atoms. The summed E-state index contributed by atoms with van der Waals surface area (Å²) in [6, 6.07) is 7.69. The molecule has 0 aliphatic carbocycles. The van der Waals surface area contributed by atoms with Crippen molar-refractivity contribution in [3.8, 4) is 0 Å². The van der Waals surface area contributed by atoms with E-state index in [1.54, 1.807) is 4.68 Å². The van der Waals surface area contributed by atoms with Crippen molar-refractivity contribution in [3.05, 3.63) is 46.7 Å². The average Bonchev–Trinajstić information content (AvgIpc) is 2.70. The first-order valence-electron chi connectivity index (χ1n) is 4.97. The van der Waals surface area contributed by atoms with Crippen LogP contribution >= 0.6 is 23.2 Å². The van der Waals surface area contributed by atoms with E-state index in [4.69, 9.17) is 23.2 Å². The van der Waals surface area contributed by atoms with Crippen LogP contribution < -0.4 is 0 Å². The Hall–Kier alpha value is -1.06. The zero-order valence-corrected chi connectivity index (χ0v) is 10.1. The van der Waals surface area contributed by atoms with Crippen LogP contribution in [0.1, 0.15) is 11.3 Å². The van der Waals surface area contributed by atoms with Crippen LogP contribution in [0.4, 0.5) is 0 Å². The van der Waals surface area contributed by atoms with Gasteiger partial charge in [-0.2, -0.15) is 0 Å². The summed E-state index contributed by atoms with van der Waals surface area (Å²) in [5.41, 5.74) is 2.07. The first kappa shape index (κ1) is 11.4. The lowest BCUT2D eigenvalue weighted by atomic mass is 10.2. The monoisotopic (exact) mass is 255 g/mol. The minimum absolute atomic E-state index is 0.569. The van der Waals surface area contributed by atoms with Gasteiger partial charge >= 0.3 is 0 Å². The number of aromatic nitrogens is 3. The molecule has 0 saturated carbocycles. The predicted octanol–water partition coefficient (Wildman–Crippen LogP) is 2.76. The second-order valence-corrected chi connectivity index (χ2v) is 4.29. The molecule has 84 valence electrons. The highest BCUT2D eigenvalue weighted by Gasteiger charge is 2.00. The third-order valence-electron chi connectivity index (χ3n) is 2.19. The zero-order chi connectivity index (χ0) is 11.4. The van der Waals surface area contributed by atoms with Crippen LogP contribution in [0.3, 0.4) is 0 Å². The number of hydrogen-bond donors (Lipinski definition) is 0. The molecule has 0 N–H and O–H groups in total. The Labute approximate surface area is 104 Å². The van der Waals surface area contributed by atoms with Gasteiger partial charge in [0.15, 0.2) is 0 Å². The van der Waals surface area contributed by atoms with E-state index < -0.39 is 0 Å². The fourth-order valence-electron chi connectivity index (χ4n) is 1.40. The quantitative estimate of drug-likeness (QED) is 0.787. The average molecular weight is 256 g/mol. The number of benzene rings is 1. The summed E-state index contributed by atoms with van der Waals surface area (Å²) in [7, 11) is 0. The molecule has 2 aromatic rings. The highest BCUT2D eigenvalue weighted by molar-refractivity contribution is 6.30. The van der Waals surface area contributed by atoms with Crippen molar-refractivity contribution >= 4 is 23.2 Å². The lowest BCUT2D eigenvalue weighted by molar-refractivity contribution is 0.649. The minimum Gasteiger partial charge on any atom is -0.248 e. The van der Waals surface area contributed by atoms with Crippen LogP contribution in [0.15, 0.2) is 30.5 Å². The Morgan fingerprint density at radius 3 is 2.62 bits per heavy atom. The molecule has 0 saturated heterocycles. The van der Waals surface area contributed by atoms with E-state index in [9.17, 15) is 0 Å². The number of hydrogen-bond acceptors (Lipinski definition) is 2. The van der Waals surface area contributed by atoms with Gasteiger partial charge in [-0.3, -0.25) is 0 Å². The molecule has 0 spiro atoms. The summed E-state index contributed by atoms with van der Waals surface area (Å²) < 4.78 is 1.80. The Morgan fingerprint density at radius 2 is 1.94 bits per heavy atom. The summed E-state index contributed by atoms with van der Waals surface area (Å²) in [5.74, 6) is 0.569. The van der Waals surface area contributed by atoms with Crippen LogP contribution in [0, 0.1) is 0 Å². The first-order valence-corrected chi connectivity index (χ1v) is 5.88. The van der Waals surface area contributed by atoms with Gasteiger partial charge in [-0.1, -0.05) is 28.9 Å². The largest absolute Gasteiger partial charge is 0.248 e. The van der Waals surface area contributed by atoms with Crippen molar-refractivity contribution in [2.45, 2.75) is 13.0 Å². The van der Waals surface area contributed by atoms with E-state index in [1.807, 2.05) is 30.5 Å². The van der Waals surface area contributed by atoms with Crippen LogP contribution in [0.2, 0.25) is 5.02 Å². The third-order valence-corrected chi connectivity index (χ3v) is 2.64. The van der Waals surface area contributed by atoms with Crippen LogP contribution in [0.25, 0.3) is 0 Å². The second-order valence-electron chi connectivity index (χ2n) is 3.47. The van der Waals surface area contributed by atoms with Crippen molar-refractivity contribution in [3.63, 3.8) is 0 Å². The Bertz CT molecular complexity index is 451. The molecule has 0 aliphatic heterocycles. The molecule has 0 radical (unpaired) electrons. The third kappa shape index (κ3) is 2.97. The lowest BCUT2D eigenvalue weighted by Crippen LogP contribution is -1.99. The SMILES string of the molecule is ClCCc1cn(Cc2ccc(Cl)cc2)nn1. The molecule has 5 heteroatoms. The summed E-state index contributed by atoms with van der Waals surface area (Å²) in [4.78, 5) is 0. The maximum atomic E-state index is 5.81. The van der Waals surface area contributed by atoms with Crippen LogP contribution in [0.5, 0.6) is 0 Å². The Morgan fingerprint density at radius 1 is 1.19 bits per heavy atom. The Kier molecular flexibility index (Phi) is 3.80. The maximum absolute atomic E-state index is 5.81. The topological polar surface area (TPSA) is 30.7 Å². The molecule has 0 amide bonds. The van der Waals surface area contributed by atoms with Gasteiger partial charge in [-0.05, 0) is 17.7 Å². The summed E-state index contributed by atoms with van der Waals surface area (Å²) in [6.07, 6.45) is 2.67. The molecule has 2 rings (SSSR count). The molecule has 3 nitrogen and oxygen atoms in total. The highest BCUT2D eigenvalue weighted by Crippen LogP contribution is 2.10. The van der Waals surface area contributed by atoms with Crippen molar-refractivity contribution < 1.29 is 0 Å². The van der Waals surface area contributed by atoms with Gasteiger partial charge in [0, 0.05) is 23.5 Å². The normalized spacial score (nSPS) is 10.6. The van der Waals surface area contributed by atoms with E-state index in [0.717, 1.165) is 22.7 Å². The summed E-state index contributed by atoms with van der Waals surface area (Å²) >= 11 is 11.4. The van der Waals surface area contributed by atoms with E-state index in [2.05, 4.69) is 10.3 Å². The molecular formula is C11H11Cl2N3. The number of rotatable bonds is 4. The Balaban J connectivity index is 2.05. The van der Waals surface area contributed by atoms with Crippen molar-refractivity contribution in [2.24, 2.45) is 0 Å². The van der Waals surface area contributed by atoms with E-state index in [0.29, 0.717) is 12.4 Å². The van der Waals surface area contributed by atoms with Gasteiger partial charge in [0.1, 0.15) is 0 Å². The van der Waals surface area contributed by atoms with Gasteiger partial charge < -0.3 is 0 Å².